The minimum atomic E-state index is 0.682. The van der Waals surface area contributed by atoms with Crippen molar-refractivity contribution in [2.75, 3.05) is 6.61 Å². The number of rotatable bonds is 5. The third-order valence-electron chi connectivity index (χ3n) is 2.62. The van der Waals surface area contributed by atoms with Crippen molar-refractivity contribution in [3.05, 3.63) is 65.7 Å². The largest absolute Gasteiger partial charge is 0.493 e. The van der Waals surface area contributed by atoms with E-state index in [0.717, 1.165) is 16.6 Å². The summed E-state index contributed by atoms with van der Waals surface area (Å²) in [5.74, 6) is 0.901. The highest BCUT2D eigenvalue weighted by atomic mass is 79.9. The summed E-state index contributed by atoms with van der Waals surface area (Å²) >= 11 is 3.44. The van der Waals surface area contributed by atoms with Crippen LogP contribution in [0.1, 0.15) is 6.42 Å². The molecule has 0 radical (unpaired) electrons. The molecular formula is C16H15BrO. The molecule has 0 aliphatic carbocycles. The van der Waals surface area contributed by atoms with Gasteiger partial charge in [0.1, 0.15) is 5.75 Å². The second-order valence-corrected chi connectivity index (χ2v) is 4.87. The topological polar surface area (TPSA) is 9.23 Å². The minimum absolute atomic E-state index is 0.682. The first-order valence-corrected chi connectivity index (χ1v) is 6.68. The van der Waals surface area contributed by atoms with Gasteiger partial charge in [-0.2, -0.15) is 0 Å². The third kappa shape index (κ3) is 3.47. The second kappa shape index (κ2) is 6.41. The van der Waals surface area contributed by atoms with Crippen molar-refractivity contribution in [2.45, 2.75) is 6.42 Å². The van der Waals surface area contributed by atoms with Crippen LogP contribution in [0.2, 0.25) is 0 Å². The first kappa shape index (κ1) is 12.9. The fourth-order valence-corrected chi connectivity index (χ4v) is 1.91. The molecule has 2 aromatic rings. The Morgan fingerprint density at radius 1 is 0.944 bits per heavy atom. The maximum absolute atomic E-state index is 5.58. The van der Waals surface area contributed by atoms with Crippen LogP contribution in [-0.4, -0.2) is 6.61 Å². The molecule has 1 nitrogen and oxygen atoms in total. The van der Waals surface area contributed by atoms with Gasteiger partial charge >= 0.3 is 0 Å². The van der Waals surface area contributed by atoms with E-state index in [2.05, 4.69) is 46.8 Å². The summed E-state index contributed by atoms with van der Waals surface area (Å²) in [5, 5.41) is 0. The van der Waals surface area contributed by atoms with Crippen LogP contribution < -0.4 is 4.74 Å². The van der Waals surface area contributed by atoms with Gasteiger partial charge < -0.3 is 4.74 Å². The molecule has 0 saturated carbocycles. The average Bonchev–Trinajstić information content (AvgIpc) is 2.41. The van der Waals surface area contributed by atoms with Crippen LogP contribution in [0.15, 0.2) is 65.7 Å². The lowest BCUT2D eigenvalue weighted by molar-refractivity contribution is 0.325. The smallest absolute Gasteiger partial charge is 0.119 e. The Bertz CT molecular complexity index is 500. The molecule has 2 heteroatoms. The number of halogens is 1. The van der Waals surface area contributed by atoms with Crippen molar-refractivity contribution in [1.29, 1.82) is 0 Å². The summed E-state index contributed by atoms with van der Waals surface area (Å²) in [7, 11) is 0. The first-order chi connectivity index (χ1) is 8.79. The monoisotopic (exact) mass is 302 g/mol. The molecule has 0 bridgehead atoms. The van der Waals surface area contributed by atoms with Crippen molar-refractivity contribution < 1.29 is 4.74 Å². The van der Waals surface area contributed by atoms with E-state index in [9.17, 15) is 0 Å². The lowest BCUT2D eigenvalue weighted by Gasteiger charge is -2.06. The van der Waals surface area contributed by atoms with Crippen LogP contribution in [0.25, 0.3) is 11.1 Å². The zero-order valence-electron chi connectivity index (χ0n) is 10.1. The fraction of sp³-hybridized carbons (Fsp3) is 0.125. The highest BCUT2D eigenvalue weighted by Gasteiger charge is 1.98. The number of hydrogen-bond donors (Lipinski definition) is 0. The highest BCUT2D eigenvalue weighted by Crippen LogP contribution is 2.24. The Balaban J connectivity index is 2.07. The molecule has 0 amide bonds. The summed E-state index contributed by atoms with van der Waals surface area (Å²) in [6, 6.07) is 16.4. The van der Waals surface area contributed by atoms with Crippen molar-refractivity contribution in [3.63, 3.8) is 0 Å². The summed E-state index contributed by atoms with van der Waals surface area (Å²) in [6.07, 6.45) is 2.73. The lowest BCUT2D eigenvalue weighted by atomic mass is 10.1. The van der Waals surface area contributed by atoms with Crippen molar-refractivity contribution in [1.82, 2.24) is 0 Å². The zero-order chi connectivity index (χ0) is 12.8. The Morgan fingerprint density at radius 2 is 1.50 bits per heavy atom. The second-order valence-electron chi connectivity index (χ2n) is 3.96. The van der Waals surface area contributed by atoms with Crippen molar-refractivity contribution in [2.24, 2.45) is 0 Å². The highest BCUT2D eigenvalue weighted by molar-refractivity contribution is 9.10. The molecule has 0 aliphatic rings. The van der Waals surface area contributed by atoms with E-state index in [0.29, 0.717) is 6.61 Å². The summed E-state index contributed by atoms with van der Waals surface area (Å²) in [6.45, 7) is 4.35. The van der Waals surface area contributed by atoms with Crippen LogP contribution in [0.3, 0.4) is 0 Å². The van der Waals surface area contributed by atoms with E-state index < -0.39 is 0 Å². The quantitative estimate of drug-likeness (QED) is 0.553. The molecule has 2 aromatic carbocycles. The molecule has 0 saturated heterocycles. The Labute approximate surface area is 116 Å². The van der Waals surface area contributed by atoms with Crippen LogP contribution in [0.4, 0.5) is 0 Å². The molecule has 0 atom stereocenters. The predicted octanol–water partition coefficient (Wildman–Crippen LogP) is 5.07. The maximum atomic E-state index is 5.58. The SMILES string of the molecule is C=CCCOc1ccc(-c2ccc(Br)cc2)cc1. The number of benzene rings is 2. The van der Waals surface area contributed by atoms with Gasteiger partial charge in [-0.05, 0) is 41.8 Å². The van der Waals surface area contributed by atoms with Gasteiger partial charge in [0.05, 0.1) is 6.61 Å². The van der Waals surface area contributed by atoms with Crippen LogP contribution in [0, 0.1) is 0 Å². The van der Waals surface area contributed by atoms with Crippen molar-refractivity contribution in [3.8, 4) is 16.9 Å². The van der Waals surface area contributed by atoms with Gasteiger partial charge in [0.15, 0.2) is 0 Å². The van der Waals surface area contributed by atoms with Crippen LogP contribution >= 0.6 is 15.9 Å². The average molecular weight is 303 g/mol. The van der Waals surface area contributed by atoms with Gasteiger partial charge in [0.25, 0.3) is 0 Å². The summed E-state index contributed by atoms with van der Waals surface area (Å²) in [5.41, 5.74) is 2.40. The summed E-state index contributed by atoms with van der Waals surface area (Å²) < 4.78 is 6.67. The van der Waals surface area contributed by atoms with Gasteiger partial charge in [-0.25, -0.2) is 0 Å². The van der Waals surface area contributed by atoms with Gasteiger partial charge in [-0.15, -0.1) is 6.58 Å². The Morgan fingerprint density at radius 3 is 2.06 bits per heavy atom. The lowest BCUT2D eigenvalue weighted by Crippen LogP contribution is -1.94. The maximum Gasteiger partial charge on any atom is 0.119 e. The molecule has 0 fully saturated rings. The van der Waals surface area contributed by atoms with Gasteiger partial charge in [-0.1, -0.05) is 46.3 Å². The van der Waals surface area contributed by atoms with Crippen LogP contribution in [0.5, 0.6) is 5.75 Å². The van der Waals surface area contributed by atoms with Crippen molar-refractivity contribution >= 4 is 15.9 Å². The molecule has 0 unspecified atom stereocenters. The van der Waals surface area contributed by atoms with E-state index >= 15 is 0 Å². The number of ether oxygens (including phenoxy) is 1. The van der Waals surface area contributed by atoms with E-state index in [-0.39, 0.29) is 0 Å². The molecular weight excluding hydrogens is 288 g/mol. The van der Waals surface area contributed by atoms with Crippen LogP contribution in [-0.2, 0) is 0 Å². The number of hydrogen-bond acceptors (Lipinski definition) is 1. The standard InChI is InChI=1S/C16H15BrO/c1-2-3-12-18-16-10-6-14(7-11-16)13-4-8-15(17)9-5-13/h2,4-11H,1,3,12H2. The molecule has 0 aromatic heterocycles. The molecule has 18 heavy (non-hydrogen) atoms. The third-order valence-corrected chi connectivity index (χ3v) is 3.15. The molecule has 0 heterocycles. The Hall–Kier alpha value is -1.54. The Kier molecular flexibility index (Phi) is 4.59. The van der Waals surface area contributed by atoms with Gasteiger partial charge in [0, 0.05) is 4.47 Å². The zero-order valence-corrected chi connectivity index (χ0v) is 11.7. The molecule has 0 N–H and O–H groups in total. The normalized spacial score (nSPS) is 10.1. The van der Waals surface area contributed by atoms with E-state index in [1.165, 1.54) is 11.1 Å². The van der Waals surface area contributed by atoms with Gasteiger partial charge in [0.2, 0.25) is 0 Å². The van der Waals surface area contributed by atoms with E-state index in [1.807, 2.05) is 30.3 Å². The summed E-state index contributed by atoms with van der Waals surface area (Å²) in [4.78, 5) is 0. The first-order valence-electron chi connectivity index (χ1n) is 5.89. The van der Waals surface area contributed by atoms with E-state index in [1.54, 1.807) is 0 Å². The fourth-order valence-electron chi connectivity index (χ4n) is 1.65. The predicted molar refractivity (Wildman–Crippen MR) is 79.9 cm³/mol. The van der Waals surface area contributed by atoms with E-state index in [4.69, 9.17) is 4.74 Å². The molecule has 2 rings (SSSR count). The molecule has 0 spiro atoms. The molecule has 92 valence electrons. The van der Waals surface area contributed by atoms with Gasteiger partial charge in [-0.3, -0.25) is 0 Å². The minimum Gasteiger partial charge on any atom is -0.493 e. The molecule has 0 aliphatic heterocycles.